The number of nitrogens with one attached hydrogen (secondary N) is 1. The zero-order valence-electron chi connectivity index (χ0n) is 8.99. The predicted octanol–water partition coefficient (Wildman–Crippen LogP) is 1.74. The zero-order valence-corrected chi connectivity index (χ0v) is 8.99. The fourth-order valence-electron chi connectivity index (χ4n) is 1.23. The molecule has 0 amide bonds. The van der Waals surface area contributed by atoms with Gasteiger partial charge in [0.15, 0.2) is 0 Å². The van der Waals surface area contributed by atoms with E-state index in [9.17, 15) is 0 Å². The largest absolute Gasteiger partial charge is 0.472 e. The first-order valence-corrected chi connectivity index (χ1v) is 5.17. The van der Waals surface area contributed by atoms with Crippen LogP contribution in [0.5, 0.6) is 0 Å². The van der Waals surface area contributed by atoms with Crippen molar-refractivity contribution in [3.8, 4) is 0 Å². The average Bonchev–Trinajstić information content (AvgIpc) is 2.64. The molecule has 1 aromatic rings. The molecule has 80 valence electrons. The Balaban J connectivity index is 2.05. The first-order valence-electron chi connectivity index (χ1n) is 5.17. The highest BCUT2D eigenvalue weighted by Gasteiger charge is 2.06. The van der Waals surface area contributed by atoms with Gasteiger partial charge in [0.25, 0.3) is 0 Å². The van der Waals surface area contributed by atoms with Crippen LogP contribution in [0.2, 0.25) is 0 Å². The van der Waals surface area contributed by atoms with E-state index in [2.05, 4.69) is 19.2 Å². The van der Waals surface area contributed by atoms with Crippen LogP contribution in [0.4, 0.5) is 0 Å². The molecule has 0 fully saturated rings. The minimum atomic E-state index is 0.298. The summed E-state index contributed by atoms with van der Waals surface area (Å²) >= 11 is 0. The van der Waals surface area contributed by atoms with Gasteiger partial charge in [-0.05, 0) is 24.9 Å². The standard InChI is InChI=1S/C11H20N2O/c1-9(2)11(12)3-5-13-7-10-4-6-14-8-10/h4,6,8-9,11,13H,3,5,7,12H2,1-2H3. The molecule has 1 aromatic heterocycles. The van der Waals surface area contributed by atoms with Crippen molar-refractivity contribution >= 4 is 0 Å². The molecule has 0 aromatic carbocycles. The molecule has 3 N–H and O–H groups in total. The van der Waals surface area contributed by atoms with Crippen LogP contribution in [0.15, 0.2) is 23.0 Å². The third-order valence-corrected chi connectivity index (χ3v) is 2.42. The Kier molecular flexibility index (Phi) is 4.70. The van der Waals surface area contributed by atoms with E-state index in [-0.39, 0.29) is 0 Å². The van der Waals surface area contributed by atoms with Crippen molar-refractivity contribution in [1.29, 1.82) is 0 Å². The molecular weight excluding hydrogens is 176 g/mol. The zero-order chi connectivity index (χ0) is 10.4. The van der Waals surface area contributed by atoms with Gasteiger partial charge in [-0.2, -0.15) is 0 Å². The highest BCUT2D eigenvalue weighted by atomic mass is 16.3. The third kappa shape index (κ3) is 3.94. The lowest BCUT2D eigenvalue weighted by Gasteiger charge is -2.15. The van der Waals surface area contributed by atoms with Gasteiger partial charge in [-0.15, -0.1) is 0 Å². The molecule has 0 saturated carbocycles. The summed E-state index contributed by atoms with van der Waals surface area (Å²) in [5, 5.41) is 3.33. The van der Waals surface area contributed by atoms with Crippen LogP contribution in [0.3, 0.4) is 0 Å². The van der Waals surface area contributed by atoms with E-state index in [1.807, 2.05) is 6.07 Å². The maximum Gasteiger partial charge on any atom is 0.0947 e. The van der Waals surface area contributed by atoms with Crippen molar-refractivity contribution in [1.82, 2.24) is 5.32 Å². The van der Waals surface area contributed by atoms with Gasteiger partial charge in [-0.3, -0.25) is 0 Å². The van der Waals surface area contributed by atoms with Crippen LogP contribution in [0.25, 0.3) is 0 Å². The van der Waals surface area contributed by atoms with Crippen LogP contribution < -0.4 is 11.1 Å². The summed E-state index contributed by atoms with van der Waals surface area (Å²) in [6.45, 7) is 6.13. The quantitative estimate of drug-likeness (QED) is 0.681. The van der Waals surface area contributed by atoms with Gasteiger partial charge in [0.2, 0.25) is 0 Å². The second-order valence-corrected chi connectivity index (χ2v) is 4.00. The average molecular weight is 196 g/mol. The van der Waals surface area contributed by atoms with Crippen LogP contribution >= 0.6 is 0 Å². The lowest BCUT2D eigenvalue weighted by molar-refractivity contribution is 0.449. The van der Waals surface area contributed by atoms with E-state index in [4.69, 9.17) is 10.2 Å². The summed E-state index contributed by atoms with van der Waals surface area (Å²) in [6, 6.07) is 2.27. The Labute approximate surface area is 85.7 Å². The van der Waals surface area contributed by atoms with Crippen LogP contribution in [0.1, 0.15) is 25.8 Å². The molecule has 3 heteroatoms. The molecule has 0 aliphatic carbocycles. The van der Waals surface area contributed by atoms with Crippen molar-refractivity contribution in [2.45, 2.75) is 32.9 Å². The van der Waals surface area contributed by atoms with E-state index in [1.54, 1.807) is 12.5 Å². The van der Waals surface area contributed by atoms with Gasteiger partial charge >= 0.3 is 0 Å². The summed E-state index contributed by atoms with van der Waals surface area (Å²) in [5.74, 6) is 0.561. The number of furan rings is 1. The second-order valence-electron chi connectivity index (χ2n) is 4.00. The Morgan fingerprint density at radius 3 is 2.86 bits per heavy atom. The number of hydrogen-bond donors (Lipinski definition) is 2. The maximum absolute atomic E-state index is 5.92. The van der Waals surface area contributed by atoms with E-state index < -0.39 is 0 Å². The van der Waals surface area contributed by atoms with Gasteiger partial charge in [-0.25, -0.2) is 0 Å². The van der Waals surface area contributed by atoms with E-state index >= 15 is 0 Å². The molecule has 1 atom stereocenters. The normalized spacial score (nSPS) is 13.4. The summed E-state index contributed by atoms with van der Waals surface area (Å²) in [4.78, 5) is 0. The number of rotatable bonds is 6. The van der Waals surface area contributed by atoms with Crippen molar-refractivity contribution in [3.05, 3.63) is 24.2 Å². The van der Waals surface area contributed by atoms with Crippen LogP contribution in [0, 0.1) is 5.92 Å². The van der Waals surface area contributed by atoms with Gasteiger partial charge < -0.3 is 15.5 Å². The Morgan fingerprint density at radius 1 is 1.50 bits per heavy atom. The lowest BCUT2D eigenvalue weighted by atomic mass is 10.0. The predicted molar refractivity (Wildman–Crippen MR) is 57.8 cm³/mol. The molecule has 1 heterocycles. The molecule has 1 rings (SSSR count). The fourth-order valence-corrected chi connectivity index (χ4v) is 1.23. The minimum absolute atomic E-state index is 0.298. The van der Waals surface area contributed by atoms with Crippen molar-refractivity contribution in [2.24, 2.45) is 11.7 Å². The van der Waals surface area contributed by atoms with Crippen LogP contribution in [-0.2, 0) is 6.54 Å². The SMILES string of the molecule is CC(C)C(N)CCNCc1ccoc1. The minimum Gasteiger partial charge on any atom is -0.472 e. The summed E-state index contributed by atoms with van der Waals surface area (Å²) in [6.07, 6.45) is 4.47. The Bertz CT molecular complexity index is 231. The van der Waals surface area contributed by atoms with Gasteiger partial charge in [-0.1, -0.05) is 13.8 Å². The molecule has 0 aliphatic heterocycles. The first kappa shape index (κ1) is 11.3. The van der Waals surface area contributed by atoms with Gasteiger partial charge in [0, 0.05) is 18.2 Å². The van der Waals surface area contributed by atoms with Crippen molar-refractivity contribution in [2.75, 3.05) is 6.54 Å². The van der Waals surface area contributed by atoms with E-state index in [0.717, 1.165) is 19.5 Å². The molecule has 1 unspecified atom stereocenters. The van der Waals surface area contributed by atoms with E-state index in [0.29, 0.717) is 12.0 Å². The fraction of sp³-hybridized carbons (Fsp3) is 0.636. The maximum atomic E-state index is 5.92. The van der Waals surface area contributed by atoms with Crippen LogP contribution in [-0.4, -0.2) is 12.6 Å². The molecule has 0 radical (unpaired) electrons. The van der Waals surface area contributed by atoms with Crippen molar-refractivity contribution in [3.63, 3.8) is 0 Å². The summed E-state index contributed by atoms with van der Waals surface area (Å²) in [7, 11) is 0. The van der Waals surface area contributed by atoms with Crippen molar-refractivity contribution < 1.29 is 4.42 Å². The van der Waals surface area contributed by atoms with Gasteiger partial charge in [0.05, 0.1) is 12.5 Å². The highest BCUT2D eigenvalue weighted by Crippen LogP contribution is 2.02. The number of hydrogen-bond acceptors (Lipinski definition) is 3. The molecule has 0 bridgehead atoms. The molecule has 14 heavy (non-hydrogen) atoms. The first-order chi connectivity index (χ1) is 6.70. The topological polar surface area (TPSA) is 51.2 Å². The lowest BCUT2D eigenvalue weighted by Crippen LogP contribution is -2.30. The highest BCUT2D eigenvalue weighted by molar-refractivity contribution is 5.04. The monoisotopic (exact) mass is 196 g/mol. The summed E-state index contributed by atoms with van der Waals surface area (Å²) < 4.78 is 4.97. The third-order valence-electron chi connectivity index (χ3n) is 2.42. The second kappa shape index (κ2) is 5.83. The summed E-state index contributed by atoms with van der Waals surface area (Å²) in [5.41, 5.74) is 7.10. The molecule has 0 aliphatic rings. The van der Waals surface area contributed by atoms with Gasteiger partial charge in [0.1, 0.15) is 0 Å². The molecule has 0 spiro atoms. The smallest absolute Gasteiger partial charge is 0.0947 e. The Hall–Kier alpha value is -0.800. The van der Waals surface area contributed by atoms with E-state index in [1.165, 1.54) is 5.56 Å². The molecule has 3 nitrogen and oxygen atoms in total. The Morgan fingerprint density at radius 2 is 2.29 bits per heavy atom. The molecule has 0 saturated heterocycles. The number of nitrogens with two attached hydrogens (primary N) is 1. The molecular formula is C11H20N2O.